The highest BCUT2D eigenvalue weighted by molar-refractivity contribution is 5.96. The van der Waals surface area contributed by atoms with E-state index in [-0.39, 0.29) is 44.6 Å². The zero-order valence-electron chi connectivity index (χ0n) is 44.8. The van der Waals surface area contributed by atoms with Crippen molar-refractivity contribution in [3.63, 3.8) is 0 Å². The van der Waals surface area contributed by atoms with Crippen LogP contribution < -0.4 is 16.0 Å². The predicted molar refractivity (Wildman–Crippen MR) is 287 cm³/mol. The van der Waals surface area contributed by atoms with Gasteiger partial charge in [-0.05, 0) is 68.7 Å². The molecule has 0 radical (unpaired) electrons. The van der Waals surface area contributed by atoms with Crippen molar-refractivity contribution < 1.29 is 38.1 Å². The maximum absolute atomic E-state index is 14.0. The Morgan fingerprint density at radius 2 is 1.14 bits per heavy atom. The lowest BCUT2D eigenvalue weighted by Crippen LogP contribution is -2.50. The van der Waals surface area contributed by atoms with Crippen LogP contribution in [0.1, 0.15) is 219 Å². The van der Waals surface area contributed by atoms with Crippen LogP contribution in [-0.4, -0.2) is 92.6 Å². The molecule has 13 nitrogen and oxygen atoms in total. The second kappa shape index (κ2) is 37.3. The molecule has 2 atom stereocenters. The van der Waals surface area contributed by atoms with Crippen molar-refractivity contribution in [2.45, 2.75) is 225 Å². The normalized spacial score (nSPS) is 12.9. The van der Waals surface area contributed by atoms with Gasteiger partial charge in [-0.15, -0.1) is 0 Å². The lowest BCUT2D eigenvalue weighted by atomic mass is 9.98. The minimum Gasteiger partial charge on any atom is -0.449 e. The molecule has 2 aromatic carbocycles. The molecule has 0 saturated heterocycles. The summed E-state index contributed by atoms with van der Waals surface area (Å²) >= 11 is 0. The summed E-state index contributed by atoms with van der Waals surface area (Å²) in [5, 5.41) is 16.4. The molecule has 0 heterocycles. The van der Waals surface area contributed by atoms with Crippen LogP contribution in [0.5, 0.6) is 0 Å². The van der Waals surface area contributed by atoms with Gasteiger partial charge in [0.1, 0.15) is 18.2 Å². The zero-order chi connectivity index (χ0) is 51.4. The van der Waals surface area contributed by atoms with Crippen LogP contribution in [0.25, 0.3) is 11.1 Å². The fraction of sp³-hybridized carbons (Fsp3) is 0.707. The molecule has 4 N–H and O–H groups in total. The van der Waals surface area contributed by atoms with Crippen molar-refractivity contribution >= 4 is 30.5 Å². The summed E-state index contributed by atoms with van der Waals surface area (Å²) in [6.07, 6.45) is 29.1. The first-order valence-electron chi connectivity index (χ1n) is 27.9. The van der Waals surface area contributed by atoms with Crippen LogP contribution in [0.3, 0.4) is 0 Å². The molecule has 13 heteroatoms. The molecule has 4 amide bonds. The first kappa shape index (κ1) is 60.8. The maximum Gasteiger partial charge on any atom is 0.414 e. The fourth-order valence-electron chi connectivity index (χ4n) is 9.16. The predicted octanol–water partition coefficient (Wildman–Crippen LogP) is 13.5. The third kappa shape index (κ3) is 26.7. The Morgan fingerprint density at radius 3 is 1.63 bits per heavy atom. The summed E-state index contributed by atoms with van der Waals surface area (Å²) in [5.74, 6) is -1.06. The van der Waals surface area contributed by atoms with E-state index in [1.165, 1.54) is 128 Å². The number of unbranched alkanes of at least 4 members (excludes halogenated alkanes) is 22. The molecular formula is C58H95N5O8. The number of alkyl carbamates (subject to hydrolysis) is 2. The molecule has 1 aliphatic carbocycles. The van der Waals surface area contributed by atoms with E-state index in [9.17, 15) is 19.2 Å². The first-order valence-corrected chi connectivity index (χ1v) is 27.9. The molecule has 0 spiro atoms. The summed E-state index contributed by atoms with van der Waals surface area (Å²) in [6.45, 7) is 11.4. The summed E-state index contributed by atoms with van der Waals surface area (Å²) < 4.78 is 23.6. The highest BCUT2D eigenvalue weighted by atomic mass is 16.6. The van der Waals surface area contributed by atoms with Crippen LogP contribution in [0.4, 0.5) is 9.59 Å². The Labute approximate surface area is 428 Å². The van der Waals surface area contributed by atoms with Crippen molar-refractivity contribution in [3.05, 3.63) is 59.7 Å². The van der Waals surface area contributed by atoms with Crippen LogP contribution in [0, 0.1) is 5.41 Å². The molecule has 1 aliphatic rings. The van der Waals surface area contributed by atoms with Gasteiger partial charge in [0, 0.05) is 32.2 Å². The van der Waals surface area contributed by atoms with E-state index in [1.807, 2.05) is 36.4 Å². The van der Waals surface area contributed by atoms with E-state index >= 15 is 0 Å². The second-order valence-electron chi connectivity index (χ2n) is 20.5. The molecule has 2 aromatic rings. The summed E-state index contributed by atoms with van der Waals surface area (Å²) in [7, 11) is 0. The average Bonchev–Trinajstić information content (AvgIpc) is 3.67. The molecule has 0 saturated carbocycles. The second-order valence-corrected chi connectivity index (χ2v) is 20.5. The van der Waals surface area contributed by atoms with Crippen molar-refractivity contribution in [3.8, 4) is 11.1 Å². The van der Waals surface area contributed by atoms with Gasteiger partial charge in [-0.25, -0.2) is 9.59 Å². The van der Waals surface area contributed by atoms with Gasteiger partial charge in [0.2, 0.25) is 18.3 Å². The van der Waals surface area contributed by atoms with Gasteiger partial charge in [0.05, 0.1) is 12.7 Å². The number of carbonyl (C=O) groups is 4. The summed E-state index contributed by atoms with van der Waals surface area (Å²) in [6, 6.07) is 15.1. The number of hydrogen-bond acceptors (Lipinski definition) is 9. The van der Waals surface area contributed by atoms with Crippen LogP contribution in [0.2, 0.25) is 0 Å². The van der Waals surface area contributed by atoms with Gasteiger partial charge in [0.25, 0.3) is 0 Å². The van der Waals surface area contributed by atoms with Crippen molar-refractivity contribution in [2.75, 3.05) is 39.5 Å². The van der Waals surface area contributed by atoms with Crippen molar-refractivity contribution in [1.82, 2.24) is 20.9 Å². The van der Waals surface area contributed by atoms with Gasteiger partial charge in [-0.1, -0.05) is 204 Å². The fourth-order valence-corrected chi connectivity index (χ4v) is 9.16. The molecular weight excluding hydrogens is 895 g/mol. The average molecular weight is 990 g/mol. The van der Waals surface area contributed by atoms with E-state index in [0.29, 0.717) is 26.2 Å². The maximum atomic E-state index is 14.0. The number of nitrogens with zero attached hydrogens (tertiary/aromatic N) is 1. The van der Waals surface area contributed by atoms with E-state index in [0.717, 1.165) is 52.8 Å². The van der Waals surface area contributed by atoms with Gasteiger partial charge in [0.15, 0.2) is 0 Å². The van der Waals surface area contributed by atoms with Crippen molar-refractivity contribution in [1.29, 1.82) is 5.41 Å². The number of carbonyl (C=O) groups excluding carboxylic acids is 4. The van der Waals surface area contributed by atoms with Gasteiger partial charge in [-0.2, -0.15) is 0 Å². The van der Waals surface area contributed by atoms with E-state index < -0.39 is 35.7 Å². The van der Waals surface area contributed by atoms with Gasteiger partial charge in [-0.3, -0.25) is 25.2 Å². The minimum absolute atomic E-state index is 0.00791. The SMILES string of the molecule is CCCCCCCCCCCCCCOCC(CNC(=O)C(CCCN(C=O)C(=N)NC(=O)OC(C)(C)C)NC(=O)OCC1c2ccccc2-c2ccccc21)OCCCCCCCCCCCCCC. The largest absolute Gasteiger partial charge is 0.449 e. The number of hydrogen-bond donors (Lipinski definition) is 4. The van der Waals surface area contributed by atoms with E-state index in [4.69, 9.17) is 24.4 Å². The highest BCUT2D eigenvalue weighted by Gasteiger charge is 2.30. The Bertz CT molecular complexity index is 1740. The number of guanidine groups is 1. The van der Waals surface area contributed by atoms with Crippen LogP contribution >= 0.6 is 0 Å². The molecule has 2 unspecified atom stereocenters. The third-order valence-corrected chi connectivity index (χ3v) is 13.2. The molecule has 3 rings (SSSR count). The Kier molecular flexibility index (Phi) is 31.9. The third-order valence-electron chi connectivity index (χ3n) is 13.2. The number of nitrogens with one attached hydrogen (secondary N) is 4. The molecule has 0 aliphatic heterocycles. The number of ether oxygens (including phenoxy) is 4. The Balaban J connectivity index is 1.58. The first-order chi connectivity index (χ1) is 34.5. The topological polar surface area (TPSA) is 168 Å². The smallest absolute Gasteiger partial charge is 0.414 e. The molecule has 0 bridgehead atoms. The Morgan fingerprint density at radius 1 is 0.662 bits per heavy atom. The highest BCUT2D eigenvalue weighted by Crippen LogP contribution is 2.44. The quantitative estimate of drug-likeness (QED) is 0.0221. The zero-order valence-corrected chi connectivity index (χ0v) is 44.8. The van der Waals surface area contributed by atoms with Gasteiger partial charge < -0.3 is 29.6 Å². The van der Waals surface area contributed by atoms with Gasteiger partial charge >= 0.3 is 12.2 Å². The number of amides is 4. The molecule has 400 valence electrons. The lowest BCUT2D eigenvalue weighted by Gasteiger charge is -2.24. The molecule has 0 aromatic heterocycles. The van der Waals surface area contributed by atoms with Crippen LogP contribution in [0.15, 0.2) is 48.5 Å². The standard InChI is InChI=1S/C58H95N5O8/c1-6-8-10-12-14-16-18-20-22-24-26-32-41-68-44-47(69-42-33-27-25-23-21-19-17-15-13-11-9-7-2)43-60-54(65)53(39-34-40-63(46-64)55(59)62-57(67)71-58(3,4)5)61-56(66)70-45-52-50-37-30-28-35-48(50)49-36-29-31-38-51(49)52/h28-31,35-38,46-47,52-53H,6-27,32-34,39-45H2,1-5H3,(H,60,65)(H,61,66)(H2,59,62,67). The number of fused-ring (bicyclic) bond motifs is 3. The number of benzene rings is 2. The molecule has 71 heavy (non-hydrogen) atoms. The summed E-state index contributed by atoms with van der Waals surface area (Å²) in [5.41, 5.74) is 3.56. The number of rotatable bonds is 40. The molecule has 0 fully saturated rings. The lowest BCUT2D eigenvalue weighted by molar-refractivity contribution is -0.124. The van der Waals surface area contributed by atoms with Crippen molar-refractivity contribution in [2.24, 2.45) is 0 Å². The van der Waals surface area contributed by atoms with Crippen LogP contribution in [-0.2, 0) is 28.5 Å². The monoisotopic (exact) mass is 990 g/mol. The Hall–Kier alpha value is -4.49. The minimum atomic E-state index is -1.04. The summed E-state index contributed by atoms with van der Waals surface area (Å²) in [4.78, 5) is 53.0. The van der Waals surface area contributed by atoms with E-state index in [1.54, 1.807) is 20.8 Å². The van der Waals surface area contributed by atoms with E-state index in [2.05, 4.69) is 41.9 Å².